The molecule has 2 heterocycles. The fourth-order valence-corrected chi connectivity index (χ4v) is 6.96. The monoisotopic (exact) mass is 591 g/mol. The number of rotatable bonds is 8. The van der Waals surface area contributed by atoms with Crippen molar-refractivity contribution in [3.8, 4) is 11.5 Å². The normalized spacial score (nSPS) is 17.7. The molecular formula is C33H41N3O5S. The second kappa shape index (κ2) is 12.4. The van der Waals surface area contributed by atoms with Crippen molar-refractivity contribution in [2.75, 3.05) is 31.0 Å². The molecule has 1 saturated heterocycles. The maximum absolute atomic E-state index is 14.0. The predicted octanol–water partition coefficient (Wildman–Crippen LogP) is 5.25. The lowest BCUT2D eigenvalue weighted by Gasteiger charge is -2.36. The van der Waals surface area contributed by atoms with E-state index in [4.69, 9.17) is 9.47 Å². The van der Waals surface area contributed by atoms with Crippen LogP contribution in [0.25, 0.3) is 0 Å². The lowest BCUT2D eigenvalue weighted by molar-refractivity contribution is -0.127. The van der Waals surface area contributed by atoms with Crippen LogP contribution >= 0.6 is 0 Å². The molecule has 0 spiro atoms. The molecule has 1 N–H and O–H groups in total. The van der Waals surface area contributed by atoms with E-state index in [9.17, 15) is 13.2 Å². The van der Waals surface area contributed by atoms with Gasteiger partial charge in [-0.15, -0.1) is 0 Å². The van der Waals surface area contributed by atoms with E-state index in [0.717, 1.165) is 30.8 Å². The molecule has 2 aliphatic rings. The van der Waals surface area contributed by atoms with Gasteiger partial charge in [0.15, 0.2) is 6.10 Å². The number of nitrogens with one attached hydrogen (secondary N) is 1. The number of anilines is 1. The summed E-state index contributed by atoms with van der Waals surface area (Å²) in [5.74, 6) is 0.560. The highest BCUT2D eigenvalue weighted by atomic mass is 32.2. The van der Waals surface area contributed by atoms with Gasteiger partial charge in [-0.05, 0) is 84.4 Å². The maximum atomic E-state index is 14.0. The van der Waals surface area contributed by atoms with E-state index in [1.807, 2.05) is 30.3 Å². The number of likely N-dealkylation sites (tertiary alicyclic amines) is 1. The minimum absolute atomic E-state index is 0.114. The lowest BCUT2D eigenvalue weighted by atomic mass is 9.86. The van der Waals surface area contributed by atoms with Gasteiger partial charge in [-0.1, -0.05) is 57.5 Å². The van der Waals surface area contributed by atoms with Gasteiger partial charge in [-0.3, -0.25) is 14.0 Å². The Morgan fingerprint density at radius 1 is 0.976 bits per heavy atom. The minimum atomic E-state index is -4.01. The number of carbonyl (C=O) groups is 1. The number of ether oxygens (including phenoxy) is 2. The number of nitrogens with zero attached hydrogens (tertiary/aromatic N) is 2. The molecule has 224 valence electrons. The van der Waals surface area contributed by atoms with Gasteiger partial charge in [0.1, 0.15) is 11.5 Å². The summed E-state index contributed by atoms with van der Waals surface area (Å²) in [7, 11) is -2.47. The van der Waals surface area contributed by atoms with Crippen LogP contribution in [0.15, 0.2) is 71.6 Å². The van der Waals surface area contributed by atoms with Gasteiger partial charge >= 0.3 is 0 Å². The Labute approximate surface area is 249 Å². The van der Waals surface area contributed by atoms with Gasteiger partial charge in [0, 0.05) is 13.1 Å². The highest BCUT2D eigenvalue weighted by Gasteiger charge is 2.38. The van der Waals surface area contributed by atoms with Gasteiger partial charge < -0.3 is 14.8 Å². The van der Waals surface area contributed by atoms with Crippen molar-refractivity contribution in [1.82, 2.24) is 10.2 Å². The number of sulfonamides is 1. The van der Waals surface area contributed by atoms with E-state index < -0.39 is 16.1 Å². The molecule has 0 radical (unpaired) electrons. The molecule has 1 amide bonds. The minimum Gasteiger partial charge on any atom is -0.497 e. The molecular weight excluding hydrogens is 550 g/mol. The molecule has 8 nitrogen and oxygen atoms in total. The zero-order valence-electron chi connectivity index (χ0n) is 24.9. The molecule has 3 aromatic carbocycles. The van der Waals surface area contributed by atoms with Crippen molar-refractivity contribution in [2.24, 2.45) is 0 Å². The fourth-order valence-electron chi connectivity index (χ4n) is 5.50. The molecule has 0 saturated carbocycles. The van der Waals surface area contributed by atoms with Crippen LogP contribution in [0.5, 0.6) is 11.5 Å². The molecule has 9 heteroatoms. The topological polar surface area (TPSA) is 88.2 Å². The number of benzene rings is 3. The Balaban J connectivity index is 1.39. The first kappa shape index (κ1) is 29.9. The smallest absolute Gasteiger partial charge is 0.264 e. The first-order valence-electron chi connectivity index (χ1n) is 14.6. The molecule has 1 atom stereocenters. The lowest BCUT2D eigenvalue weighted by Crippen LogP contribution is -2.50. The quantitative estimate of drug-likeness (QED) is 0.385. The molecule has 0 unspecified atom stereocenters. The zero-order valence-corrected chi connectivity index (χ0v) is 25.7. The Hall–Kier alpha value is -3.56. The highest BCUT2D eigenvalue weighted by Crippen LogP contribution is 2.40. The second-order valence-corrected chi connectivity index (χ2v) is 13.9. The molecule has 2 aliphatic heterocycles. The molecule has 0 bridgehead atoms. The molecule has 5 rings (SSSR count). The van der Waals surface area contributed by atoms with Crippen molar-refractivity contribution in [1.29, 1.82) is 0 Å². The number of carbonyl (C=O) groups excluding carboxylic acids is 1. The van der Waals surface area contributed by atoms with E-state index in [0.29, 0.717) is 23.7 Å². The zero-order chi connectivity index (χ0) is 29.9. The molecule has 42 heavy (non-hydrogen) atoms. The van der Waals surface area contributed by atoms with Crippen LogP contribution in [0.1, 0.15) is 56.7 Å². The summed E-state index contributed by atoms with van der Waals surface area (Å²) >= 11 is 0. The number of amides is 1. The van der Waals surface area contributed by atoms with Crippen molar-refractivity contribution in [2.45, 2.75) is 69.5 Å². The van der Waals surface area contributed by atoms with Crippen LogP contribution in [0.4, 0.5) is 5.69 Å². The fraction of sp³-hybridized carbons (Fsp3) is 0.424. The number of methoxy groups -OCH3 is 1. The highest BCUT2D eigenvalue weighted by molar-refractivity contribution is 7.92. The molecule has 1 fully saturated rings. The van der Waals surface area contributed by atoms with Crippen LogP contribution in [-0.4, -0.2) is 52.1 Å². The Bertz CT molecular complexity index is 1510. The average molecular weight is 592 g/mol. The third-order valence-electron chi connectivity index (χ3n) is 8.05. The summed E-state index contributed by atoms with van der Waals surface area (Å²) in [4.78, 5) is 16.1. The third kappa shape index (κ3) is 6.57. The van der Waals surface area contributed by atoms with Gasteiger partial charge in [0.05, 0.1) is 24.2 Å². The second-order valence-electron chi connectivity index (χ2n) is 12.1. The van der Waals surface area contributed by atoms with Crippen LogP contribution in [0, 0.1) is 0 Å². The van der Waals surface area contributed by atoms with E-state index in [1.165, 1.54) is 48.4 Å². The maximum Gasteiger partial charge on any atom is 0.264 e. The summed E-state index contributed by atoms with van der Waals surface area (Å²) in [5, 5.41) is 3.02. The van der Waals surface area contributed by atoms with Crippen molar-refractivity contribution in [3.05, 3.63) is 83.4 Å². The SMILES string of the molecule is COc1ccc(S(=O)(=O)N2C[C@H](C(=O)NCc3ccccc3CN3CCCCC3)Oc3ccc(C(C)(C)C)cc32)cc1. The summed E-state index contributed by atoms with van der Waals surface area (Å²) < 4.78 is 40.6. The van der Waals surface area contributed by atoms with Crippen LogP contribution in [-0.2, 0) is 33.3 Å². The standard InChI is InChI=1S/C33H41N3O5S/c1-33(2,3)26-12-17-30-29(20-26)36(42(38,39)28-15-13-27(40-4)14-16-28)23-31(41-30)32(37)34-21-24-10-6-7-11-25(24)22-35-18-8-5-9-19-35/h6-7,10-17,20,31H,5,8-9,18-19,21-23H2,1-4H3,(H,34,37)/t31-/m1/s1. The molecule has 0 aliphatic carbocycles. The number of piperidine rings is 1. The van der Waals surface area contributed by atoms with Gasteiger partial charge in [-0.2, -0.15) is 0 Å². The Kier molecular flexibility index (Phi) is 8.80. The van der Waals surface area contributed by atoms with Gasteiger partial charge in [-0.25, -0.2) is 8.42 Å². The Morgan fingerprint density at radius 2 is 1.67 bits per heavy atom. The number of fused-ring (bicyclic) bond motifs is 1. The third-order valence-corrected chi connectivity index (χ3v) is 9.84. The average Bonchev–Trinajstić information content (AvgIpc) is 2.99. The van der Waals surface area contributed by atoms with Gasteiger partial charge in [0.2, 0.25) is 0 Å². The summed E-state index contributed by atoms with van der Waals surface area (Å²) in [5.41, 5.74) is 3.42. The summed E-state index contributed by atoms with van der Waals surface area (Å²) in [6.45, 7) is 9.43. The van der Waals surface area contributed by atoms with E-state index in [2.05, 4.69) is 37.1 Å². The number of hydrogen-bond donors (Lipinski definition) is 1. The van der Waals surface area contributed by atoms with Crippen LogP contribution in [0.2, 0.25) is 0 Å². The van der Waals surface area contributed by atoms with E-state index >= 15 is 0 Å². The van der Waals surface area contributed by atoms with Gasteiger partial charge in [0.25, 0.3) is 15.9 Å². The van der Waals surface area contributed by atoms with Crippen molar-refractivity contribution in [3.63, 3.8) is 0 Å². The molecule has 0 aromatic heterocycles. The van der Waals surface area contributed by atoms with Crippen LogP contribution in [0.3, 0.4) is 0 Å². The largest absolute Gasteiger partial charge is 0.497 e. The van der Waals surface area contributed by atoms with Crippen molar-refractivity contribution < 1.29 is 22.7 Å². The van der Waals surface area contributed by atoms with Crippen LogP contribution < -0.4 is 19.1 Å². The van der Waals surface area contributed by atoms with Crippen molar-refractivity contribution >= 4 is 21.6 Å². The first-order chi connectivity index (χ1) is 20.1. The predicted molar refractivity (Wildman–Crippen MR) is 165 cm³/mol. The van der Waals surface area contributed by atoms with E-state index in [-0.39, 0.29) is 22.8 Å². The summed E-state index contributed by atoms with van der Waals surface area (Å²) in [6.07, 6.45) is 2.70. The Morgan fingerprint density at radius 3 is 2.33 bits per heavy atom. The first-order valence-corrected chi connectivity index (χ1v) is 16.0. The molecule has 3 aromatic rings. The summed E-state index contributed by atoms with van der Waals surface area (Å²) in [6, 6.07) is 20.0. The van der Waals surface area contributed by atoms with E-state index in [1.54, 1.807) is 18.2 Å². The number of hydrogen-bond acceptors (Lipinski definition) is 6.